The van der Waals surface area contributed by atoms with E-state index in [9.17, 15) is 9.90 Å². The molecule has 0 fully saturated rings. The molecule has 0 atom stereocenters. The number of nitrogens with one attached hydrogen (secondary N) is 1. The van der Waals surface area contributed by atoms with Crippen molar-refractivity contribution in [2.24, 2.45) is 0 Å². The van der Waals surface area contributed by atoms with Crippen molar-refractivity contribution in [3.8, 4) is 11.5 Å². The second kappa shape index (κ2) is 3.80. The maximum atomic E-state index is 10.9. The summed E-state index contributed by atoms with van der Waals surface area (Å²) in [5.41, 5.74) is 0.416. The van der Waals surface area contributed by atoms with Gasteiger partial charge in [0.05, 0.1) is 6.42 Å². The van der Waals surface area contributed by atoms with Gasteiger partial charge in [0.2, 0.25) is 5.91 Å². The number of rotatable bonds is 2. The summed E-state index contributed by atoms with van der Waals surface area (Å²) in [5, 5.41) is 20.8. The Morgan fingerprint density at radius 2 is 2.15 bits per heavy atom. The van der Waals surface area contributed by atoms with Crippen LogP contribution in [0.25, 0.3) is 0 Å². The monoisotopic (exact) mass is 181 g/mol. The lowest BCUT2D eigenvalue weighted by Gasteiger charge is -2.03. The van der Waals surface area contributed by atoms with Crippen molar-refractivity contribution in [2.45, 2.75) is 6.42 Å². The Kier molecular flexibility index (Phi) is 2.74. The van der Waals surface area contributed by atoms with Gasteiger partial charge in [0.25, 0.3) is 0 Å². The number of hydrogen-bond acceptors (Lipinski definition) is 3. The van der Waals surface area contributed by atoms with Crippen molar-refractivity contribution in [1.82, 2.24) is 5.32 Å². The molecule has 4 nitrogen and oxygen atoms in total. The molecule has 0 aliphatic heterocycles. The molecule has 0 aliphatic carbocycles. The number of phenols is 2. The predicted octanol–water partition coefficient (Wildman–Crippen LogP) is 0.386. The molecule has 4 heteroatoms. The number of benzene rings is 1. The molecule has 1 aromatic rings. The van der Waals surface area contributed by atoms with E-state index in [1.165, 1.54) is 25.2 Å². The minimum atomic E-state index is -0.208. The van der Waals surface area contributed by atoms with Gasteiger partial charge in [0, 0.05) is 12.6 Å². The van der Waals surface area contributed by atoms with Gasteiger partial charge in [-0.25, -0.2) is 0 Å². The van der Waals surface area contributed by atoms with Gasteiger partial charge in [-0.05, 0) is 18.2 Å². The van der Waals surface area contributed by atoms with Gasteiger partial charge in [-0.15, -0.1) is 0 Å². The van der Waals surface area contributed by atoms with Crippen LogP contribution >= 0.6 is 0 Å². The van der Waals surface area contributed by atoms with Crippen LogP contribution in [0.4, 0.5) is 0 Å². The van der Waals surface area contributed by atoms with E-state index in [4.69, 9.17) is 5.11 Å². The van der Waals surface area contributed by atoms with E-state index in [2.05, 4.69) is 5.32 Å². The average Bonchev–Trinajstić information content (AvgIpc) is 2.11. The van der Waals surface area contributed by atoms with Crippen LogP contribution in [0.1, 0.15) is 5.56 Å². The fourth-order valence-corrected chi connectivity index (χ4v) is 0.975. The van der Waals surface area contributed by atoms with E-state index in [0.717, 1.165) is 0 Å². The van der Waals surface area contributed by atoms with Gasteiger partial charge in [-0.1, -0.05) is 0 Å². The van der Waals surface area contributed by atoms with E-state index in [1.54, 1.807) is 0 Å². The molecule has 1 rings (SSSR count). The smallest absolute Gasteiger partial charge is 0.224 e. The molecule has 0 saturated heterocycles. The molecule has 0 radical (unpaired) electrons. The number of aromatic hydroxyl groups is 2. The van der Waals surface area contributed by atoms with E-state index >= 15 is 0 Å². The highest BCUT2D eigenvalue weighted by atomic mass is 16.3. The van der Waals surface area contributed by atoms with Gasteiger partial charge >= 0.3 is 0 Å². The summed E-state index contributed by atoms with van der Waals surface area (Å²) in [4.78, 5) is 10.9. The third-order valence-corrected chi connectivity index (χ3v) is 1.69. The van der Waals surface area contributed by atoms with E-state index in [0.29, 0.717) is 5.56 Å². The number of carbonyl (C=O) groups excluding carboxylic acids is 1. The molecular formula is C9H11NO3. The Bertz CT molecular complexity index is 323. The van der Waals surface area contributed by atoms with Crippen LogP contribution < -0.4 is 5.32 Å². The first-order valence-electron chi connectivity index (χ1n) is 3.85. The highest BCUT2D eigenvalue weighted by molar-refractivity contribution is 5.79. The summed E-state index contributed by atoms with van der Waals surface area (Å²) in [6, 6.07) is 4.08. The largest absolute Gasteiger partial charge is 0.508 e. The van der Waals surface area contributed by atoms with Crippen molar-refractivity contribution >= 4 is 5.91 Å². The lowest BCUT2D eigenvalue weighted by molar-refractivity contribution is -0.119. The van der Waals surface area contributed by atoms with Crippen molar-refractivity contribution in [2.75, 3.05) is 7.05 Å². The zero-order valence-corrected chi connectivity index (χ0v) is 7.24. The molecule has 1 amide bonds. The molecular weight excluding hydrogens is 170 g/mol. The molecule has 0 heterocycles. The Labute approximate surface area is 75.8 Å². The van der Waals surface area contributed by atoms with Gasteiger partial charge in [-0.2, -0.15) is 0 Å². The van der Waals surface area contributed by atoms with Crippen molar-refractivity contribution in [3.63, 3.8) is 0 Å². The third kappa shape index (κ3) is 2.37. The summed E-state index contributed by atoms with van der Waals surface area (Å²) in [6.07, 6.45) is 0.0662. The highest BCUT2D eigenvalue weighted by Gasteiger charge is 2.06. The molecule has 0 unspecified atom stereocenters. The second-order valence-corrected chi connectivity index (χ2v) is 2.66. The third-order valence-electron chi connectivity index (χ3n) is 1.69. The highest BCUT2D eigenvalue weighted by Crippen LogP contribution is 2.22. The number of carbonyl (C=O) groups is 1. The van der Waals surface area contributed by atoms with Gasteiger partial charge in [-0.3, -0.25) is 4.79 Å². The number of amides is 1. The van der Waals surface area contributed by atoms with Crippen molar-refractivity contribution < 1.29 is 15.0 Å². The lowest BCUT2D eigenvalue weighted by Crippen LogP contribution is -2.19. The SMILES string of the molecule is CNC(=O)Cc1cc(O)ccc1O. The summed E-state index contributed by atoms with van der Waals surface area (Å²) in [5.74, 6) is -0.154. The normalized spacial score (nSPS) is 9.62. The molecule has 0 aromatic heterocycles. The minimum Gasteiger partial charge on any atom is -0.508 e. The fraction of sp³-hybridized carbons (Fsp3) is 0.222. The zero-order valence-electron chi connectivity index (χ0n) is 7.24. The first kappa shape index (κ1) is 9.38. The first-order chi connectivity index (χ1) is 6.13. The quantitative estimate of drug-likeness (QED) is 0.578. The summed E-state index contributed by atoms with van der Waals surface area (Å²) in [6.45, 7) is 0. The molecule has 3 N–H and O–H groups in total. The number of phenolic OH excluding ortho intramolecular Hbond substituents is 2. The Morgan fingerprint density at radius 3 is 2.77 bits per heavy atom. The molecule has 0 aliphatic rings. The van der Waals surface area contributed by atoms with Crippen LogP contribution in [0.3, 0.4) is 0 Å². The van der Waals surface area contributed by atoms with E-state index in [-0.39, 0.29) is 23.8 Å². The predicted molar refractivity (Wildman–Crippen MR) is 47.5 cm³/mol. The zero-order chi connectivity index (χ0) is 9.84. The Hall–Kier alpha value is -1.71. The summed E-state index contributed by atoms with van der Waals surface area (Å²) in [7, 11) is 1.52. The summed E-state index contributed by atoms with van der Waals surface area (Å²) >= 11 is 0. The maximum Gasteiger partial charge on any atom is 0.224 e. The van der Waals surface area contributed by atoms with Crippen LogP contribution in [-0.2, 0) is 11.2 Å². The molecule has 0 bridgehead atoms. The molecule has 0 saturated carbocycles. The van der Waals surface area contributed by atoms with Crippen LogP contribution in [-0.4, -0.2) is 23.2 Å². The molecule has 1 aromatic carbocycles. The van der Waals surface area contributed by atoms with Crippen LogP contribution in [0.5, 0.6) is 11.5 Å². The van der Waals surface area contributed by atoms with Gasteiger partial charge < -0.3 is 15.5 Å². The fourth-order valence-electron chi connectivity index (χ4n) is 0.975. The van der Waals surface area contributed by atoms with Crippen molar-refractivity contribution in [1.29, 1.82) is 0 Å². The van der Waals surface area contributed by atoms with E-state index < -0.39 is 0 Å². The second-order valence-electron chi connectivity index (χ2n) is 2.66. The molecule has 0 spiro atoms. The minimum absolute atomic E-state index is 0.0152. The average molecular weight is 181 g/mol. The summed E-state index contributed by atoms with van der Waals surface area (Å²) < 4.78 is 0. The van der Waals surface area contributed by atoms with Crippen LogP contribution in [0.2, 0.25) is 0 Å². The molecule has 70 valence electrons. The first-order valence-corrected chi connectivity index (χ1v) is 3.85. The van der Waals surface area contributed by atoms with Gasteiger partial charge in [0.15, 0.2) is 0 Å². The number of hydrogen-bond donors (Lipinski definition) is 3. The van der Waals surface area contributed by atoms with Crippen LogP contribution in [0.15, 0.2) is 18.2 Å². The van der Waals surface area contributed by atoms with Crippen molar-refractivity contribution in [3.05, 3.63) is 23.8 Å². The topological polar surface area (TPSA) is 69.6 Å². The lowest BCUT2D eigenvalue weighted by atomic mass is 10.1. The standard InChI is InChI=1S/C9H11NO3/c1-10-9(13)5-6-4-7(11)2-3-8(6)12/h2-4,11-12H,5H2,1H3,(H,10,13). The Balaban J connectivity index is 2.87. The number of likely N-dealkylation sites (N-methyl/N-ethyl adjacent to an activating group) is 1. The maximum absolute atomic E-state index is 10.9. The molecule has 13 heavy (non-hydrogen) atoms. The van der Waals surface area contributed by atoms with Crippen LogP contribution in [0, 0.1) is 0 Å². The van der Waals surface area contributed by atoms with E-state index in [1.807, 2.05) is 0 Å². The Morgan fingerprint density at radius 1 is 1.46 bits per heavy atom. The van der Waals surface area contributed by atoms with Gasteiger partial charge in [0.1, 0.15) is 11.5 Å².